The molecular formula is C13H15ClN4O2. The lowest BCUT2D eigenvalue weighted by atomic mass is 10.2. The van der Waals surface area contributed by atoms with Crippen molar-refractivity contribution in [2.75, 3.05) is 6.54 Å². The first-order chi connectivity index (χ1) is 9.58. The molecule has 0 spiro atoms. The highest BCUT2D eigenvalue weighted by atomic mass is 35.5. The third-order valence-corrected chi connectivity index (χ3v) is 3.27. The van der Waals surface area contributed by atoms with Crippen molar-refractivity contribution in [1.29, 1.82) is 0 Å². The minimum absolute atomic E-state index is 0.0468. The summed E-state index contributed by atoms with van der Waals surface area (Å²) in [6.07, 6.45) is 2.57. The van der Waals surface area contributed by atoms with Crippen LogP contribution in [0.1, 0.15) is 11.3 Å². The number of nitrogens with one attached hydrogen (secondary N) is 1. The number of aromatic nitrogens is 2. The quantitative estimate of drug-likeness (QED) is 0.504. The SMILES string of the molecule is Cn1nccc1CCNCc1ccc(Cl)cc1[N+](=O)[O-]. The summed E-state index contributed by atoms with van der Waals surface area (Å²) in [6, 6.07) is 6.66. The van der Waals surface area contributed by atoms with E-state index in [1.165, 1.54) is 6.07 Å². The highest BCUT2D eigenvalue weighted by Gasteiger charge is 2.13. The zero-order chi connectivity index (χ0) is 14.5. The van der Waals surface area contributed by atoms with Crippen LogP contribution in [0.5, 0.6) is 0 Å². The van der Waals surface area contributed by atoms with Gasteiger partial charge in [-0.1, -0.05) is 11.6 Å². The summed E-state index contributed by atoms with van der Waals surface area (Å²) in [5.41, 5.74) is 1.79. The molecule has 1 aromatic heterocycles. The second kappa shape index (κ2) is 6.49. The van der Waals surface area contributed by atoms with Gasteiger partial charge in [0.25, 0.3) is 5.69 Å². The first kappa shape index (κ1) is 14.5. The van der Waals surface area contributed by atoms with Gasteiger partial charge >= 0.3 is 0 Å². The monoisotopic (exact) mass is 294 g/mol. The van der Waals surface area contributed by atoms with E-state index in [4.69, 9.17) is 11.6 Å². The van der Waals surface area contributed by atoms with Crippen molar-refractivity contribution >= 4 is 17.3 Å². The van der Waals surface area contributed by atoms with Crippen molar-refractivity contribution < 1.29 is 4.92 Å². The predicted molar refractivity (Wildman–Crippen MR) is 76.7 cm³/mol. The first-order valence-electron chi connectivity index (χ1n) is 6.18. The van der Waals surface area contributed by atoms with Crippen molar-refractivity contribution in [2.24, 2.45) is 7.05 Å². The Labute approximate surface area is 121 Å². The summed E-state index contributed by atoms with van der Waals surface area (Å²) < 4.78 is 1.81. The van der Waals surface area contributed by atoms with E-state index in [1.54, 1.807) is 18.3 Å². The maximum Gasteiger partial charge on any atom is 0.275 e. The number of nitro groups is 1. The van der Waals surface area contributed by atoms with Crippen LogP contribution in [0.3, 0.4) is 0 Å². The molecule has 7 heteroatoms. The van der Waals surface area contributed by atoms with Crippen LogP contribution in [0.15, 0.2) is 30.5 Å². The van der Waals surface area contributed by atoms with Crippen LogP contribution in [0, 0.1) is 10.1 Å². The van der Waals surface area contributed by atoms with Gasteiger partial charge in [0.05, 0.1) is 4.92 Å². The van der Waals surface area contributed by atoms with E-state index in [2.05, 4.69) is 10.4 Å². The lowest BCUT2D eigenvalue weighted by Gasteiger charge is -2.06. The molecule has 0 aliphatic rings. The summed E-state index contributed by atoms with van der Waals surface area (Å²) in [7, 11) is 1.89. The van der Waals surface area contributed by atoms with Gasteiger partial charge in [0.2, 0.25) is 0 Å². The van der Waals surface area contributed by atoms with Crippen molar-refractivity contribution in [3.05, 3.63) is 56.9 Å². The van der Waals surface area contributed by atoms with Gasteiger partial charge in [-0.15, -0.1) is 0 Å². The Bertz CT molecular complexity index is 612. The van der Waals surface area contributed by atoms with E-state index in [9.17, 15) is 10.1 Å². The molecule has 20 heavy (non-hydrogen) atoms. The van der Waals surface area contributed by atoms with Crippen molar-refractivity contribution in [3.8, 4) is 0 Å². The molecule has 2 aromatic rings. The molecular weight excluding hydrogens is 280 g/mol. The van der Waals surface area contributed by atoms with Crippen LogP contribution in [-0.4, -0.2) is 21.2 Å². The predicted octanol–water partition coefficient (Wildman–Crippen LogP) is 2.31. The average molecular weight is 295 g/mol. The topological polar surface area (TPSA) is 73.0 Å². The maximum atomic E-state index is 10.9. The molecule has 2 rings (SSSR count). The molecule has 0 unspecified atom stereocenters. The van der Waals surface area contributed by atoms with Gasteiger partial charge in [-0.2, -0.15) is 5.10 Å². The van der Waals surface area contributed by atoms with Gasteiger partial charge in [-0.3, -0.25) is 14.8 Å². The summed E-state index contributed by atoms with van der Waals surface area (Å²) in [5, 5.41) is 18.6. The molecule has 0 aliphatic heterocycles. The molecule has 0 amide bonds. The van der Waals surface area contributed by atoms with Gasteiger partial charge in [0.1, 0.15) is 0 Å². The minimum Gasteiger partial charge on any atom is -0.312 e. The van der Waals surface area contributed by atoms with E-state index in [0.29, 0.717) is 17.1 Å². The van der Waals surface area contributed by atoms with Crippen LogP contribution in [0.2, 0.25) is 5.02 Å². The Hall–Kier alpha value is -1.92. The Morgan fingerprint density at radius 1 is 1.45 bits per heavy atom. The number of aryl methyl sites for hydroxylation is 1. The Kier molecular flexibility index (Phi) is 4.70. The minimum atomic E-state index is -0.413. The third kappa shape index (κ3) is 3.55. The molecule has 0 saturated carbocycles. The number of benzene rings is 1. The fraction of sp³-hybridized carbons (Fsp3) is 0.308. The lowest BCUT2D eigenvalue weighted by Crippen LogP contribution is -2.18. The fourth-order valence-electron chi connectivity index (χ4n) is 1.94. The molecule has 0 radical (unpaired) electrons. The molecule has 0 aliphatic carbocycles. The van der Waals surface area contributed by atoms with E-state index < -0.39 is 4.92 Å². The molecule has 0 bridgehead atoms. The molecule has 0 fully saturated rings. The normalized spacial score (nSPS) is 10.7. The fourth-order valence-corrected chi connectivity index (χ4v) is 2.11. The molecule has 0 atom stereocenters. The van der Waals surface area contributed by atoms with Crippen molar-refractivity contribution in [3.63, 3.8) is 0 Å². The van der Waals surface area contributed by atoms with Crippen molar-refractivity contribution in [1.82, 2.24) is 15.1 Å². The summed E-state index contributed by atoms with van der Waals surface area (Å²) in [4.78, 5) is 10.5. The van der Waals surface area contributed by atoms with Gasteiger partial charge in [0.15, 0.2) is 0 Å². The Morgan fingerprint density at radius 3 is 2.90 bits per heavy atom. The second-order valence-corrected chi connectivity index (χ2v) is 4.84. The average Bonchev–Trinajstić information content (AvgIpc) is 2.81. The molecule has 1 heterocycles. The zero-order valence-corrected chi connectivity index (χ0v) is 11.8. The summed E-state index contributed by atoms with van der Waals surface area (Å²) in [5.74, 6) is 0. The maximum absolute atomic E-state index is 10.9. The summed E-state index contributed by atoms with van der Waals surface area (Å²) in [6.45, 7) is 1.16. The van der Waals surface area contributed by atoms with Gasteiger partial charge in [0, 0.05) is 55.1 Å². The largest absolute Gasteiger partial charge is 0.312 e. The van der Waals surface area contributed by atoms with Gasteiger partial charge in [-0.05, 0) is 18.2 Å². The Morgan fingerprint density at radius 2 is 2.25 bits per heavy atom. The Balaban J connectivity index is 1.91. The lowest BCUT2D eigenvalue weighted by molar-refractivity contribution is -0.385. The number of nitrogens with zero attached hydrogens (tertiary/aromatic N) is 3. The second-order valence-electron chi connectivity index (χ2n) is 4.40. The van der Waals surface area contributed by atoms with Gasteiger partial charge < -0.3 is 5.32 Å². The standard InChI is InChI=1S/C13H15ClN4O2/c1-17-12(5-7-16-17)4-6-15-9-10-2-3-11(14)8-13(10)18(19)20/h2-3,5,7-8,15H,4,6,9H2,1H3. The first-order valence-corrected chi connectivity index (χ1v) is 6.56. The van der Waals surface area contributed by atoms with E-state index in [0.717, 1.165) is 18.7 Å². The number of hydrogen-bond acceptors (Lipinski definition) is 4. The van der Waals surface area contributed by atoms with Crippen LogP contribution in [-0.2, 0) is 20.0 Å². The number of hydrogen-bond donors (Lipinski definition) is 1. The number of halogens is 1. The smallest absolute Gasteiger partial charge is 0.275 e. The molecule has 106 valence electrons. The number of rotatable bonds is 6. The third-order valence-electron chi connectivity index (χ3n) is 3.04. The van der Waals surface area contributed by atoms with Crippen LogP contribution in [0.4, 0.5) is 5.69 Å². The summed E-state index contributed by atoms with van der Waals surface area (Å²) >= 11 is 5.77. The molecule has 0 saturated heterocycles. The van der Waals surface area contributed by atoms with Crippen LogP contribution in [0.25, 0.3) is 0 Å². The highest BCUT2D eigenvalue weighted by Crippen LogP contribution is 2.22. The van der Waals surface area contributed by atoms with E-state index in [-0.39, 0.29) is 5.69 Å². The van der Waals surface area contributed by atoms with Crippen LogP contribution >= 0.6 is 11.6 Å². The molecule has 1 aromatic carbocycles. The number of nitro benzene ring substituents is 1. The van der Waals surface area contributed by atoms with E-state index in [1.807, 2.05) is 17.8 Å². The van der Waals surface area contributed by atoms with Crippen LogP contribution < -0.4 is 5.32 Å². The molecule has 6 nitrogen and oxygen atoms in total. The highest BCUT2D eigenvalue weighted by molar-refractivity contribution is 6.30. The van der Waals surface area contributed by atoms with E-state index >= 15 is 0 Å². The van der Waals surface area contributed by atoms with Gasteiger partial charge in [-0.25, -0.2) is 0 Å². The zero-order valence-electron chi connectivity index (χ0n) is 11.0. The van der Waals surface area contributed by atoms with Crippen molar-refractivity contribution in [2.45, 2.75) is 13.0 Å². The molecule has 1 N–H and O–H groups in total.